The number of amides is 2. The van der Waals surface area contributed by atoms with Crippen molar-refractivity contribution in [3.05, 3.63) is 59.0 Å². The molecule has 1 aliphatic rings. The van der Waals surface area contributed by atoms with E-state index in [4.69, 9.17) is 4.74 Å². The molecule has 6 nitrogen and oxygen atoms in total. The SMILES string of the molecule is Cc1ccc(C(=O)Nc2nc(-c3ccc4c(c3)NC(=O)[C@@H](C)O4)cs2)cc1. The second-order valence-electron chi connectivity index (χ2n) is 6.32. The fraction of sp³-hybridized carbons (Fsp3) is 0.150. The Labute approximate surface area is 160 Å². The lowest BCUT2D eigenvalue weighted by molar-refractivity contribution is -0.122. The van der Waals surface area contributed by atoms with Gasteiger partial charge < -0.3 is 10.1 Å². The van der Waals surface area contributed by atoms with Gasteiger partial charge in [0.25, 0.3) is 11.8 Å². The normalized spacial score (nSPS) is 15.5. The van der Waals surface area contributed by atoms with Gasteiger partial charge in [0.15, 0.2) is 11.2 Å². The lowest BCUT2D eigenvalue weighted by atomic mass is 10.1. The van der Waals surface area contributed by atoms with E-state index in [1.165, 1.54) is 11.3 Å². The van der Waals surface area contributed by atoms with Crippen LogP contribution in [0.3, 0.4) is 0 Å². The van der Waals surface area contributed by atoms with Crippen LogP contribution >= 0.6 is 11.3 Å². The van der Waals surface area contributed by atoms with E-state index in [1.54, 1.807) is 19.1 Å². The molecule has 1 atom stereocenters. The minimum atomic E-state index is -0.508. The van der Waals surface area contributed by atoms with Crippen molar-refractivity contribution >= 4 is 34.0 Å². The predicted octanol–water partition coefficient (Wildman–Crippen LogP) is 4.09. The van der Waals surface area contributed by atoms with E-state index in [0.717, 1.165) is 16.8 Å². The quantitative estimate of drug-likeness (QED) is 0.718. The predicted molar refractivity (Wildman–Crippen MR) is 105 cm³/mol. The second-order valence-corrected chi connectivity index (χ2v) is 7.18. The Morgan fingerprint density at radius 2 is 2.00 bits per heavy atom. The molecule has 0 saturated heterocycles. The summed E-state index contributed by atoms with van der Waals surface area (Å²) in [7, 11) is 0. The minimum Gasteiger partial charge on any atom is -0.479 e. The molecular formula is C20H17N3O3S. The molecule has 0 spiro atoms. The third kappa shape index (κ3) is 3.54. The van der Waals surface area contributed by atoms with Crippen LogP contribution in [0, 0.1) is 6.92 Å². The molecule has 2 aromatic carbocycles. The number of thiazole rings is 1. The van der Waals surface area contributed by atoms with E-state index >= 15 is 0 Å². The van der Waals surface area contributed by atoms with Crippen LogP contribution in [-0.2, 0) is 4.79 Å². The van der Waals surface area contributed by atoms with E-state index < -0.39 is 6.10 Å². The molecule has 27 heavy (non-hydrogen) atoms. The minimum absolute atomic E-state index is 0.177. The molecule has 2 amide bonds. The number of carbonyl (C=O) groups is 2. The summed E-state index contributed by atoms with van der Waals surface area (Å²) in [6.45, 7) is 3.68. The van der Waals surface area contributed by atoms with Crippen LogP contribution in [0.15, 0.2) is 47.8 Å². The average molecular weight is 379 g/mol. The lowest BCUT2D eigenvalue weighted by Gasteiger charge is -2.23. The molecule has 1 aliphatic heterocycles. The van der Waals surface area contributed by atoms with Crippen LogP contribution in [0.25, 0.3) is 11.3 Å². The highest BCUT2D eigenvalue weighted by molar-refractivity contribution is 7.14. The Morgan fingerprint density at radius 3 is 2.78 bits per heavy atom. The van der Waals surface area contributed by atoms with Crippen molar-refractivity contribution in [3.8, 4) is 17.0 Å². The number of benzene rings is 2. The Kier molecular flexibility index (Phi) is 4.37. The third-order valence-electron chi connectivity index (χ3n) is 4.24. The van der Waals surface area contributed by atoms with Gasteiger partial charge in [-0.3, -0.25) is 14.9 Å². The molecule has 1 aromatic heterocycles. The summed E-state index contributed by atoms with van der Waals surface area (Å²) in [5.74, 6) is 0.258. The number of ether oxygens (including phenoxy) is 1. The Morgan fingerprint density at radius 1 is 1.22 bits per heavy atom. The van der Waals surface area contributed by atoms with E-state index in [2.05, 4.69) is 15.6 Å². The summed E-state index contributed by atoms with van der Waals surface area (Å²) in [4.78, 5) is 28.6. The maximum atomic E-state index is 12.3. The summed E-state index contributed by atoms with van der Waals surface area (Å²) >= 11 is 1.35. The number of fused-ring (bicyclic) bond motifs is 1. The molecule has 4 rings (SSSR count). The highest BCUT2D eigenvalue weighted by atomic mass is 32.1. The van der Waals surface area contributed by atoms with Crippen LogP contribution in [-0.4, -0.2) is 22.9 Å². The molecule has 0 aliphatic carbocycles. The molecule has 2 N–H and O–H groups in total. The number of nitrogens with zero attached hydrogens (tertiary/aromatic N) is 1. The van der Waals surface area contributed by atoms with Gasteiger partial charge in [0.05, 0.1) is 11.4 Å². The summed E-state index contributed by atoms with van der Waals surface area (Å²) in [5.41, 5.74) is 3.85. The molecular weight excluding hydrogens is 362 g/mol. The van der Waals surface area contributed by atoms with Crippen LogP contribution in [0.2, 0.25) is 0 Å². The summed E-state index contributed by atoms with van der Waals surface area (Å²) in [5, 5.41) is 8.02. The largest absolute Gasteiger partial charge is 0.479 e. The first-order valence-electron chi connectivity index (χ1n) is 8.45. The van der Waals surface area contributed by atoms with E-state index in [-0.39, 0.29) is 11.8 Å². The molecule has 0 bridgehead atoms. The van der Waals surface area contributed by atoms with Crippen molar-refractivity contribution < 1.29 is 14.3 Å². The molecule has 0 unspecified atom stereocenters. The summed E-state index contributed by atoms with van der Waals surface area (Å²) in [6.07, 6.45) is -0.508. The zero-order chi connectivity index (χ0) is 19.0. The van der Waals surface area contributed by atoms with Gasteiger partial charge >= 0.3 is 0 Å². The molecule has 7 heteroatoms. The zero-order valence-electron chi connectivity index (χ0n) is 14.8. The smallest absolute Gasteiger partial charge is 0.265 e. The maximum Gasteiger partial charge on any atom is 0.265 e. The first-order chi connectivity index (χ1) is 13.0. The van der Waals surface area contributed by atoms with Gasteiger partial charge in [0.1, 0.15) is 5.75 Å². The molecule has 3 aromatic rings. The van der Waals surface area contributed by atoms with Crippen molar-refractivity contribution in [2.45, 2.75) is 20.0 Å². The average Bonchev–Trinajstić information content (AvgIpc) is 3.11. The van der Waals surface area contributed by atoms with Gasteiger partial charge in [-0.25, -0.2) is 4.98 Å². The highest BCUT2D eigenvalue weighted by Crippen LogP contribution is 2.35. The fourth-order valence-electron chi connectivity index (χ4n) is 2.71. The number of rotatable bonds is 3. The van der Waals surface area contributed by atoms with E-state index in [1.807, 2.05) is 42.6 Å². The lowest BCUT2D eigenvalue weighted by Crippen LogP contribution is -2.34. The van der Waals surface area contributed by atoms with Crippen LogP contribution in [0.1, 0.15) is 22.8 Å². The van der Waals surface area contributed by atoms with Crippen molar-refractivity contribution in [1.82, 2.24) is 4.98 Å². The zero-order valence-corrected chi connectivity index (χ0v) is 15.6. The molecule has 0 radical (unpaired) electrons. The molecule has 2 heterocycles. The second kappa shape index (κ2) is 6.85. The third-order valence-corrected chi connectivity index (χ3v) is 5.00. The molecule has 136 valence electrons. The van der Waals surface area contributed by atoms with Crippen LogP contribution in [0.4, 0.5) is 10.8 Å². The first kappa shape index (κ1) is 17.2. The van der Waals surface area contributed by atoms with Gasteiger partial charge in [-0.2, -0.15) is 0 Å². The number of anilines is 2. The van der Waals surface area contributed by atoms with E-state index in [9.17, 15) is 9.59 Å². The number of aryl methyl sites for hydroxylation is 1. The molecule has 0 fully saturated rings. The highest BCUT2D eigenvalue weighted by Gasteiger charge is 2.24. The number of nitrogens with one attached hydrogen (secondary N) is 2. The number of hydrogen-bond acceptors (Lipinski definition) is 5. The van der Waals surface area contributed by atoms with Gasteiger partial charge in [-0.1, -0.05) is 17.7 Å². The number of carbonyl (C=O) groups excluding carboxylic acids is 2. The molecule has 0 saturated carbocycles. The Hall–Kier alpha value is -3.19. The summed E-state index contributed by atoms with van der Waals surface area (Å²) in [6, 6.07) is 12.9. The summed E-state index contributed by atoms with van der Waals surface area (Å²) < 4.78 is 5.56. The van der Waals surface area contributed by atoms with Gasteiger partial charge in [-0.15, -0.1) is 11.3 Å². The van der Waals surface area contributed by atoms with Gasteiger partial charge in [0.2, 0.25) is 0 Å². The monoisotopic (exact) mass is 379 g/mol. The van der Waals surface area contributed by atoms with Crippen molar-refractivity contribution in [1.29, 1.82) is 0 Å². The van der Waals surface area contributed by atoms with Crippen LogP contribution in [0.5, 0.6) is 5.75 Å². The van der Waals surface area contributed by atoms with Crippen molar-refractivity contribution in [2.75, 3.05) is 10.6 Å². The topological polar surface area (TPSA) is 80.3 Å². The number of hydrogen-bond donors (Lipinski definition) is 2. The van der Waals surface area contributed by atoms with Gasteiger partial charge in [-0.05, 0) is 44.2 Å². The Balaban J connectivity index is 1.53. The fourth-order valence-corrected chi connectivity index (χ4v) is 3.42. The van der Waals surface area contributed by atoms with Crippen molar-refractivity contribution in [2.24, 2.45) is 0 Å². The van der Waals surface area contributed by atoms with Gasteiger partial charge in [0, 0.05) is 16.5 Å². The Bertz CT molecular complexity index is 1030. The maximum absolute atomic E-state index is 12.3. The number of aromatic nitrogens is 1. The van der Waals surface area contributed by atoms with Crippen molar-refractivity contribution in [3.63, 3.8) is 0 Å². The van der Waals surface area contributed by atoms with E-state index in [0.29, 0.717) is 22.1 Å². The first-order valence-corrected chi connectivity index (χ1v) is 9.33. The standard InChI is InChI=1S/C20H17N3O3S/c1-11-3-5-13(6-4-11)19(25)23-20-22-16(10-27-20)14-7-8-17-15(9-14)21-18(24)12(2)26-17/h3-10,12H,1-2H3,(H,21,24)(H,22,23,25)/t12-/m1/s1. The van der Waals surface area contributed by atoms with Crippen LogP contribution < -0.4 is 15.4 Å².